The first-order valence-corrected chi connectivity index (χ1v) is 5.70. The molecule has 0 aliphatic carbocycles. The average Bonchev–Trinajstić information content (AvgIpc) is 2.01. The topological polar surface area (TPSA) is 83.6 Å². The quantitative estimate of drug-likeness (QED) is 0.534. The van der Waals surface area contributed by atoms with E-state index in [0.29, 0.717) is 0 Å². The molecule has 0 amide bonds. The molecule has 0 heterocycles. The molecule has 1 atom stereocenters. The summed E-state index contributed by atoms with van der Waals surface area (Å²) in [5.74, 6) is 0. The fourth-order valence-corrected chi connectivity index (χ4v) is 1.62. The van der Waals surface area contributed by atoms with E-state index in [-0.39, 0.29) is 19.6 Å². The summed E-state index contributed by atoms with van der Waals surface area (Å²) in [6.07, 6.45) is 1.72. The molecular weight excluding hydrogens is 192 g/mol. The summed E-state index contributed by atoms with van der Waals surface area (Å²) in [6, 6.07) is 0. The molecule has 0 rings (SSSR count). The minimum atomic E-state index is -3.29. The summed E-state index contributed by atoms with van der Waals surface area (Å²) in [6.45, 7) is 3.68. The monoisotopic (exact) mass is 208 g/mol. The van der Waals surface area contributed by atoms with Gasteiger partial charge in [0.1, 0.15) is 0 Å². The molecule has 0 aliphatic heterocycles. The molecule has 0 unspecified atom stereocenters. The van der Waals surface area contributed by atoms with Crippen LogP contribution in [0.1, 0.15) is 0 Å². The minimum absolute atomic E-state index is 0.0152. The van der Waals surface area contributed by atoms with Gasteiger partial charge in [-0.3, -0.25) is 0 Å². The molecule has 5 nitrogen and oxygen atoms in total. The molecule has 0 bridgehead atoms. The van der Waals surface area contributed by atoms with Crippen molar-refractivity contribution >= 4 is 10.0 Å². The fraction of sp³-hybridized carbons (Fsp3) is 0.714. The SMILES string of the molecule is C=CCN(C[C@@H](O)CN)S(C)(=O)=O. The molecule has 0 aromatic rings. The van der Waals surface area contributed by atoms with Gasteiger partial charge in [0.15, 0.2) is 0 Å². The highest BCUT2D eigenvalue weighted by atomic mass is 32.2. The zero-order chi connectivity index (χ0) is 10.5. The Bertz CT molecular complexity index is 250. The Balaban J connectivity index is 4.35. The normalized spacial score (nSPS) is 14.5. The van der Waals surface area contributed by atoms with Crippen LogP contribution in [0.15, 0.2) is 12.7 Å². The third-order valence-electron chi connectivity index (χ3n) is 1.49. The summed E-state index contributed by atoms with van der Waals surface area (Å²) in [4.78, 5) is 0. The lowest BCUT2D eigenvalue weighted by Crippen LogP contribution is -2.39. The maximum Gasteiger partial charge on any atom is 0.211 e. The van der Waals surface area contributed by atoms with E-state index in [1.165, 1.54) is 6.08 Å². The van der Waals surface area contributed by atoms with E-state index in [4.69, 9.17) is 10.8 Å². The summed E-state index contributed by atoms with van der Waals surface area (Å²) in [5, 5.41) is 9.15. The average molecular weight is 208 g/mol. The number of aliphatic hydroxyl groups excluding tert-OH is 1. The van der Waals surface area contributed by atoms with E-state index >= 15 is 0 Å². The van der Waals surface area contributed by atoms with Crippen molar-refractivity contribution in [2.45, 2.75) is 6.10 Å². The Kier molecular flexibility index (Phi) is 5.16. The molecule has 0 fully saturated rings. The number of aliphatic hydroxyl groups is 1. The van der Waals surface area contributed by atoms with E-state index in [1.807, 2.05) is 0 Å². The van der Waals surface area contributed by atoms with E-state index in [1.54, 1.807) is 0 Å². The Hall–Kier alpha value is -0.430. The first kappa shape index (κ1) is 12.6. The number of hydrogen-bond donors (Lipinski definition) is 2. The maximum atomic E-state index is 11.1. The Morgan fingerprint density at radius 1 is 1.69 bits per heavy atom. The van der Waals surface area contributed by atoms with Crippen LogP contribution in [0.2, 0.25) is 0 Å². The summed E-state index contributed by atoms with van der Waals surface area (Å²) < 4.78 is 23.3. The molecule has 13 heavy (non-hydrogen) atoms. The summed E-state index contributed by atoms with van der Waals surface area (Å²) in [5.41, 5.74) is 5.16. The molecule has 78 valence electrons. The van der Waals surface area contributed by atoms with Crippen molar-refractivity contribution in [3.05, 3.63) is 12.7 Å². The number of nitrogens with zero attached hydrogens (tertiary/aromatic N) is 1. The van der Waals surface area contributed by atoms with Crippen molar-refractivity contribution in [2.75, 3.05) is 25.9 Å². The van der Waals surface area contributed by atoms with Crippen LogP contribution in [-0.2, 0) is 10.0 Å². The van der Waals surface area contributed by atoms with Gasteiger partial charge in [-0.2, -0.15) is 4.31 Å². The van der Waals surface area contributed by atoms with Crippen LogP contribution in [0.4, 0.5) is 0 Å². The fourth-order valence-electron chi connectivity index (χ4n) is 0.799. The van der Waals surface area contributed by atoms with Crippen LogP contribution in [0.25, 0.3) is 0 Å². The lowest BCUT2D eigenvalue weighted by atomic mass is 10.3. The van der Waals surface area contributed by atoms with Gasteiger partial charge in [-0.1, -0.05) is 6.08 Å². The Labute approximate surface area is 78.9 Å². The van der Waals surface area contributed by atoms with Gasteiger partial charge >= 0.3 is 0 Å². The van der Waals surface area contributed by atoms with Crippen molar-refractivity contribution in [3.8, 4) is 0 Å². The van der Waals surface area contributed by atoms with Gasteiger partial charge in [0.25, 0.3) is 0 Å². The van der Waals surface area contributed by atoms with Crippen LogP contribution < -0.4 is 5.73 Å². The van der Waals surface area contributed by atoms with Crippen LogP contribution in [0.3, 0.4) is 0 Å². The third kappa shape index (κ3) is 4.99. The molecule has 0 saturated carbocycles. The van der Waals surface area contributed by atoms with Crippen molar-refractivity contribution in [3.63, 3.8) is 0 Å². The standard InChI is InChI=1S/C7H16N2O3S/c1-3-4-9(13(2,11)12)6-7(10)5-8/h3,7,10H,1,4-6,8H2,2H3/t7-/m0/s1. The Morgan fingerprint density at radius 2 is 2.23 bits per heavy atom. The third-order valence-corrected chi connectivity index (χ3v) is 2.72. The van der Waals surface area contributed by atoms with Gasteiger partial charge in [0.05, 0.1) is 12.4 Å². The minimum Gasteiger partial charge on any atom is -0.390 e. The van der Waals surface area contributed by atoms with Crippen molar-refractivity contribution in [1.29, 1.82) is 0 Å². The molecule has 3 N–H and O–H groups in total. The van der Waals surface area contributed by atoms with E-state index in [2.05, 4.69) is 6.58 Å². The number of rotatable bonds is 6. The predicted octanol–water partition coefficient (Wildman–Crippen LogP) is -1.25. The Morgan fingerprint density at radius 3 is 2.54 bits per heavy atom. The number of hydrogen-bond acceptors (Lipinski definition) is 4. The van der Waals surface area contributed by atoms with Gasteiger partial charge in [0, 0.05) is 19.6 Å². The number of sulfonamides is 1. The largest absolute Gasteiger partial charge is 0.390 e. The first-order valence-electron chi connectivity index (χ1n) is 3.86. The van der Waals surface area contributed by atoms with Crippen molar-refractivity contribution < 1.29 is 13.5 Å². The second-order valence-electron chi connectivity index (χ2n) is 2.76. The van der Waals surface area contributed by atoms with Crippen LogP contribution in [0, 0.1) is 0 Å². The second-order valence-corrected chi connectivity index (χ2v) is 4.74. The van der Waals surface area contributed by atoms with E-state index < -0.39 is 16.1 Å². The molecule has 0 aromatic heterocycles. The van der Waals surface area contributed by atoms with Crippen molar-refractivity contribution in [1.82, 2.24) is 4.31 Å². The molecule has 0 aliphatic rings. The van der Waals surface area contributed by atoms with Gasteiger partial charge in [-0.05, 0) is 0 Å². The summed E-state index contributed by atoms with van der Waals surface area (Å²) in [7, 11) is -3.29. The maximum absolute atomic E-state index is 11.1. The van der Waals surface area contributed by atoms with Gasteiger partial charge in [0.2, 0.25) is 10.0 Å². The van der Waals surface area contributed by atoms with Crippen LogP contribution in [-0.4, -0.2) is 49.8 Å². The smallest absolute Gasteiger partial charge is 0.211 e. The molecule has 0 spiro atoms. The zero-order valence-electron chi connectivity index (χ0n) is 7.68. The first-order chi connectivity index (χ1) is 5.91. The van der Waals surface area contributed by atoms with Crippen LogP contribution >= 0.6 is 0 Å². The highest BCUT2D eigenvalue weighted by molar-refractivity contribution is 7.88. The molecular formula is C7H16N2O3S. The molecule has 0 saturated heterocycles. The zero-order valence-corrected chi connectivity index (χ0v) is 8.50. The second kappa shape index (κ2) is 5.33. The molecule has 0 aromatic carbocycles. The van der Waals surface area contributed by atoms with E-state index in [9.17, 15) is 8.42 Å². The van der Waals surface area contributed by atoms with Crippen molar-refractivity contribution in [2.24, 2.45) is 5.73 Å². The molecule has 6 heteroatoms. The lowest BCUT2D eigenvalue weighted by Gasteiger charge is -2.20. The van der Waals surface area contributed by atoms with E-state index in [0.717, 1.165) is 10.6 Å². The highest BCUT2D eigenvalue weighted by Crippen LogP contribution is 1.99. The van der Waals surface area contributed by atoms with Crippen LogP contribution in [0.5, 0.6) is 0 Å². The lowest BCUT2D eigenvalue weighted by molar-refractivity contribution is 0.157. The van der Waals surface area contributed by atoms with Gasteiger partial charge in [-0.25, -0.2) is 8.42 Å². The van der Waals surface area contributed by atoms with Gasteiger partial charge in [-0.15, -0.1) is 6.58 Å². The van der Waals surface area contributed by atoms with Gasteiger partial charge < -0.3 is 10.8 Å². The number of nitrogens with two attached hydrogens (primary N) is 1. The predicted molar refractivity (Wildman–Crippen MR) is 51.7 cm³/mol. The summed E-state index contributed by atoms with van der Waals surface area (Å²) >= 11 is 0. The highest BCUT2D eigenvalue weighted by Gasteiger charge is 2.17. The molecule has 0 radical (unpaired) electrons.